The lowest BCUT2D eigenvalue weighted by Crippen LogP contribution is -2.48. The van der Waals surface area contributed by atoms with Crippen molar-refractivity contribution < 1.29 is 9.90 Å². The highest BCUT2D eigenvalue weighted by molar-refractivity contribution is 5.94. The van der Waals surface area contributed by atoms with E-state index >= 15 is 0 Å². The van der Waals surface area contributed by atoms with Crippen molar-refractivity contribution >= 4 is 5.91 Å². The van der Waals surface area contributed by atoms with Crippen molar-refractivity contribution in [1.29, 1.82) is 0 Å². The Hall–Kier alpha value is -1.35. The van der Waals surface area contributed by atoms with Crippen molar-refractivity contribution in [3.8, 4) is 0 Å². The van der Waals surface area contributed by atoms with E-state index in [2.05, 4.69) is 20.8 Å². The van der Waals surface area contributed by atoms with Crippen LogP contribution in [-0.4, -0.2) is 34.6 Å². The number of benzene rings is 1. The van der Waals surface area contributed by atoms with Crippen LogP contribution in [0.15, 0.2) is 24.3 Å². The molecule has 0 bridgehead atoms. The fourth-order valence-corrected chi connectivity index (χ4v) is 2.69. The molecule has 1 N–H and O–H groups in total. The number of hydrogen-bond donors (Lipinski definition) is 1. The molecule has 1 fully saturated rings. The standard InChI is InChI=1S/C17H25NO2/c1-16(2,3)14-8-6-13(7-9-14)15(19)18-11-5-10-17(4,20)12-18/h6-9,20H,5,10-12H2,1-4H3. The third-order valence-electron chi connectivity index (χ3n) is 3.96. The zero-order valence-corrected chi connectivity index (χ0v) is 12.9. The molecule has 3 heteroatoms. The van der Waals surface area contributed by atoms with Crippen molar-refractivity contribution in [2.75, 3.05) is 13.1 Å². The zero-order chi connectivity index (χ0) is 15.0. The third-order valence-corrected chi connectivity index (χ3v) is 3.96. The first kappa shape index (κ1) is 15.0. The Labute approximate surface area is 121 Å². The lowest BCUT2D eigenvalue weighted by molar-refractivity contribution is -0.0107. The quantitative estimate of drug-likeness (QED) is 0.856. The largest absolute Gasteiger partial charge is 0.388 e. The third kappa shape index (κ3) is 3.40. The summed E-state index contributed by atoms with van der Waals surface area (Å²) in [5.41, 5.74) is 1.27. The van der Waals surface area contributed by atoms with E-state index in [1.165, 1.54) is 5.56 Å². The average Bonchev–Trinajstić information content (AvgIpc) is 2.36. The second kappa shape index (κ2) is 5.21. The lowest BCUT2D eigenvalue weighted by atomic mass is 9.86. The molecule has 1 amide bonds. The van der Waals surface area contributed by atoms with Gasteiger partial charge in [0.05, 0.1) is 5.60 Å². The van der Waals surface area contributed by atoms with Crippen molar-refractivity contribution in [2.24, 2.45) is 0 Å². The molecule has 0 aliphatic carbocycles. The highest BCUT2D eigenvalue weighted by atomic mass is 16.3. The monoisotopic (exact) mass is 275 g/mol. The van der Waals surface area contributed by atoms with Crippen LogP contribution in [0.2, 0.25) is 0 Å². The van der Waals surface area contributed by atoms with Gasteiger partial charge in [-0.15, -0.1) is 0 Å². The molecule has 1 aromatic rings. The smallest absolute Gasteiger partial charge is 0.253 e. The number of nitrogens with zero attached hydrogens (tertiary/aromatic N) is 1. The second-order valence-electron chi connectivity index (χ2n) is 7.15. The van der Waals surface area contributed by atoms with E-state index < -0.39 is 5.60 Å². The normalized spacial score (nSPS) is 23.8. The van der Waals surface area contributed by atoms with Gasteiger partial charge in [0.15, 0.2) is 0 Å². The first-order valence-corrected chi connectivity index (χ1v) is 7.31. The zero-order valence-electron chi connectivity index (χ0n) is 12.9. The first-order valence-electron chi connectivity index (χ1n) is 7.31. The number of aliphatic hydroxyl groups is 1. The van der Waals surface area contributed by atoms with E-state index in [-0.39, 0.29) is 11.3 Å². The van der Waals surface area contributed by atoms with Gasteiger partial charge in [-0.1, -0.05) is 32.9 Å². The molecule has 1 heterocycles. The van der Waals surface area contributed by atoms with E-state index in [9.17, 15) is 9.90 Å². The minimum Gasteiger partial charge on any atom is -0.388 e. The molecule has 0 aromatic heterocycles. The number of carbonyl (C=O) groups is 1. The van der Waals surface area contributed by atoms with Gasteiger partial charge in [0.2, 0.25) is 0 Å². The van der Waals surface area contributed by atoms with Crippen LogP contribution in [0.25, 0.3) is 0 Å². The molecular weight excluding hydrogens is 250 g/mol. The first-order chi connectivity index (χ1) is 9.19. The topological polar surface area (TPSA) is 40.5 Å². The molecule has 1 aliphatic heterocycles. The van der Waals surface area contributed by atoms with Gasteiger partial charge in [0.25, 0.3) is 5.91 Å². The molecule has 110 valence electrons. The molecule has 1 saturated heterocycles. The Balaban J connectivity index is 2.13. The minimum absolute atomic E-state index is 0.0189. The second-order valence-corrected chi connectivity index (χ2v) is 7.15. The van der Waals surface area contributed by atoms with Crippen molar-refractivity contribution in [3.63, 3.8) is 0 Å². The van der Waals surface area contributed by atoms with Crippen LogP contribution >= 0.6 is 0 Å². The predicted octanol–water partition coefficient (Wildman–Crippen LogP) is 2.97. The number of carbonyl (C=O) groups excluding carboxylic acids is 1. The molecule has 1 atom stereocenters. The summed E-state index contributed by atoms with van der Waals surface area (Å²) < 4.78 is 0. The van der Waals surface area contributed by atoms with Gasteiger partial charge in [-0.3, -0.25) is 4.79 Å². The summed E-state index contributed by atoms with van der Waals surface area (Å²) in [5, 5.41) is 10.1. The Morgan fingerprint density at radius 1 is 1.25 bits per heavy atom. The predicted molar refractivity (Wildman–Crippen MR) is 80.9 cm³/mol. The Bertz CT molecular complexity index is 483. The van der Waals surface area contributed by atoms with Crippen LogP contribution in [0.1, 0.15) is 56.5 Å². The number of amides is 1. The van der Waals surface area contributed by atoms with Crippen molar-refractivity contribution in [3.05, 3.63) is 35.4 Å². The van der Waals surface area contributed by atoms with Gasteiger partial charge in [-0.2, -0.15) is 0 Å². The fraction of sp³-hybridized carbons (Fsp3) is 0.588. The van der Waals surface area contributed by atoms with Gasteiger partial charge >= 0.3 is 0 Å². The van der Waals surface area contributed by atoms with Crippen LogP contribution < -0.4 is 0 Å². The van der Waals surface area contributed by atoms with Gasteiger partial charge < -0.3 is 10.0 Å². The van der Waals surface area contributed by atoms with Gasteiger partial charge in [0.1, 0.15) is 0 Å². The maximum Gasteiger partial charge on any atom is 0.253 e. The van der Waals surface area contributed by atoms with Crippen LogP contribution in [0.4, 0.5) is 0 Å². The van der Waals surface area contributed by atoms with E-state index in [4.69, 9.17) is 0 Å². The van der Waals surface area contributed by atoms with Crippen molar-refractivity contribution in [2.45, 2.75) is 51.6 Å². The molecule has 20 heavy (non-hydrogen) atoms. The van der Waals surface area contributed by atoms with E-state index in [1.807, 2.05) is 24.3 Å². The maximum atomic E-state index is 12.5. The van der Waals surface area contributed by atoms with E-state index in [0.29, 0.717) is 12.1 Å². The summed E-state index contributed by atoms with van der Waals surface area (Å²) in [6, 6.07) is 7.84. The van der Waals surface area contributed by atoms with Crippen LogP contribution in [0, 0.1) is 0 Å². The minimum atomic E-state index is -0.751. The van der Waals surface area contributed by atoms with E-state index in [1.54, 1.807) is 11.8 Å². The SMILES string of the molecule is CC1(O)CCCN(C(=O)c2ccc(C(C)(C)C)cc2)C1. The molecule has 2 rings (SSSR count). The van der Waals surface area contributed by atoms with Crippen LogP contribution in [0.3, 0.4) is 0 Å². The number of likely N-dealkylation sites (tertiary alicyclic amines) is 1. The lowest BCUT2D eigenvalue weighted by Gasteiger charge is -2.36. The fourth-order valence-electron chi connectivity index (χ4n) is 2.69. The average molecular weight is 275 g/mol. The molecule has 1 unspecified atom stereocenters. The summed E-state index contributed by atoms with van der Waals surface area (Å²) in [6.07, 6.45) is 1.62. The summed E-state index contributed by atoms with van der Waals surface area (Å²) in [5.74, 6) is 0.0189. The van der Waals surface area contributed by atoms with Crippen molar-refractivity contribution in [1.82, 2.24) is 4.90 Å². The van der Waals surface area contributed by atoms with Gasteiger partial charge in [-0.25, -0.2) is 0 Å². The number of β-amino-alcohol motifs (C(OH)–C–C–N with tert-alkyl or cyclic N) is 1. The summed E-state index contributed by atoms with van der Waals surface area (Å²) in [6.45, 7) is 9.43. The number of rotatable bonds is 1. The molecular formula is C17H25NO2. The molecule has 0 radical (unpaired) electrons. The summed E-state index contributed by atoms with van der Waals surface area (Å²) in [4.78, 5) is 14.2. The Kier molecular flexibility index (Phi) is 3.92. The highest BCUT2D eigenvalue weighted by Crippen LogP contribution is 2.24. The molecule has 1 aliphatic rings. The Morgan fingerprint density at radius 3 is 2.35 bits per heavy atom. The molecule has 3 nitrogen and oxygen atoms in total. The summed E-state index contributed by atoms with van der Waals surface area (Å²) >= 11 is 0. The molecule has 0 spiro atoms. The van der Waals surface area contributed by atoms with Gasteiger partial charge in [0, 0.05) is 18.7 Å². The molecule has 0 saturated carbocycles. The highest BCUT2D eigenvalue weighted by Gasteiger charge is 2.31. The molecule has 1 aromatic carbocycles. The van der Waals surface area contributed by atoms with E-state index in [0.717, 1.165) is 19.4 Å². The number of hydrogen-bond acceptors (Lipinski definition) is 2. The number of piperidine rings is 1. The Morgan fingerprint density at radius 2 is 1.85 bits per heavy atom. The van der Waals surface area contributed by atoms with Crippen LogP contribution in [-0.2, 0) is 5.41 Å². The maximum absolute atomic E-state index is 12.5. The summed E-state index contributed by atoms with van der Waals surface area (Å²) in [7, 11) is 0. The van der Waals surface area contributed by atoms with Gasteiger partial charge in [-0.05, 0) is 42.9 Å². The van der Waals surface area contributed by atoms with Crippen LogP contribution in [0.5, 0.6) is 0 Å².